The minimum atomic E-state index is -4.53. The first-order valence-corrected chi connectivity index (χ1v) is 12.6. The molecular formula is C25H25ClN2O9S. The van der Waals surface area contributed by atoms with Crippen molar-refractivity contribution < 1.29 is 41.7 Å². The predicted molar refractivity (Wildman–Crippen MR) is 140 cm³/mol. The van der Waals surface area contributed by atoms with Crippen molar-refractivity contribution >= 4 is 39.1 Å². The third kappa shape index (κ3) is 5.87. The fourth-order valence-electron chi connectivity index (χ4n) is 3.51. The molecule has 0 saturated heterocycles. The number of rotatable bonds is 10. The molecule has 0 unspecified atom stereocenters. The molecule has 0 aliphatic carbocycles. The molecule has 0 atom stereocenters. The number of sulfonamides is 1. The molecule has 0 aromatic heterocycles. The molecule has 0 aliphatic heterocycles. The lowest BCUT2D eigenvalue weighted by atomic mass is 10.1. The van der Waals surface area contributed by atoms with Crippen LogP contribution in [0, 0.1) is 0 Å². The summed E-state index contributed by atoms with van der Waals surface area (Å²) in [5.41, 5.74) is 0.111. The van der Waals surface area contributed by atoms with Gasteiger partial charge in [0.2, 0.25) is 5.75 Å². The highest BCUT2D eigenvalue weighted by Crippen LogP contribution is 2.40. The summed E-state index contributed by atoms with van der Waals surface area (Å²) >= 11 is 6.15. The maximum atomic E-state index is 13.1. The van der Waals surface area contributed by atoms with E-state index in [0.29, 0.717) is 22.9 Å². The largest absolute Gasteiger partial charge is 0.496 e. The Hall–Kier alpha value is -4.16. The maximum absolute atomic E-state index is 13.1. The number of amides is 2. The molecule has 0 spiro atoms. The molecule has 3 aromatic rings. The number of halogens is 1. The normalized spacial score (nSPS) is 10.8. The van der Waals surface area contributed by atoms with Crippen LogP contribution in [-0.2, 0) is 10.0 Å². The molecule has 2 N–H and O–H groups in total. The van der Waals surface area contributed by atoms with Gasteiger partial charge in [-0.25, -0.2) is 13.1 Å². The highest BCUT2D eigenvalue weighted by atomic mass is 35.5. The average molecular weight is 565 g/mol. The Morgan fingerprint density at radius 3 is 1.79 bits per heavy atom. The zero-order valence-corrected chi connectivity index (χ0v) is 22.7. The van der Waals surface area contributed by atoms with Crippen LogP contribution in [0.2, 0.25) is 5.02 Å². The summed E-state index contributed by atoms with van der Waals surface area (Å²) in [6, 6.07) is 11.2. The Bertz CT molecular complexity index is 1430. The number of hydrogen-bond acceptors (Lipinski definition) is 9. The number of carbonyl (C=O) groups is 2. The summed E-state index contributed by atoms with van der Waals surface area (Å²) in [6.45, 7) is 0. The third-order valence-corrected chi connectivity index (χ3v) is 7.10. The number of anilines is 1. The van der Waals surface area contributed by atoms with Gasteiger partial charge in [-0.05, 0) is 30.3 Å². The molecule has 2 amide bonds. The summed E-state index contributed by atoms with van der Waals surface area (Å²) in [7, 11) is 2.42. The van der Waals surface area contributed by atoms with Gasteiger partial charge in [-0.2, -0.15) is 0 Å². The van der Waals surface area contributed by atoms with Crippen LogP contribution in [0.4, 0.5) is 5.69 Å². The Balaban J connectivity index is 1.92. The molecule has 38 heavy (non-hydrogen) atoms. The average Bonchev–Trinajstić information content (AvgIpc) is 2.91. The van der Waals surface area contributed by atoms with Crippen LogP contribution in [0.3, 0.4) is 0 Å². The predicted octanol–water partition coefficient (Wildman–Crippen LogP) is 3.75. The fraction of sp³-hybridized carbons (Fsp3) is 0.200. The van der Waals surface area contributed by atoms with Gasteiger partial charge >= 0.3 is 0 Å². The van der Waals surface area contributed by atoms with Crippen molar-refractivity contribution in [3.8, 4) is 28.7 Å². The van der Waals surface area contributed by atoms with E-state index in [4.69, 9.17) is 35.3 Å². The number of carbonyl (C=O) groups excluding carboxylic acids is 2. The van der Waals surface area contributed by atoms with Crippen molar-refractivity contribution in [3.63, 3.8) is 0 Å². The number of methoxy groups -OCH3 is 5. The van der Waals surface area contributed by atoms with Gasteiger partial charge in [0, 0.05) is 23.4 Å². The number of ether oxygens (including phenoxy) is 5. The van der Waals surface area contributed by atoms with E-state index in [2.05, 4.69) is 5.32 Å². The molecule has 11 nitrogen and oxygen atoms in total. The summed E-state index contributed by atoms with van der Waals surface area (Å²) < 4.78 is 54.4. The SMILES string of the molecule is COc1cc(NC(=O)c2ccc(Cl)c(S(=O)(=O)NC(=O)c3c(OC)cccc3OC)c2)cc(OC)c1OC. The van der Waals surface area contributed by atoms with Gasteiger partial charge in [-0.3, -0.25) is 9.59 Å². The number of nitrogens with one attached hydrogen (secondary N) is 2. The molecule has 3 aromatic carbocycles. The minimum Gasteiger partial charge on any atom is -0.496 e. The first kappa shape index (κ1) is 28.4. The van der Waals surface area contributed by atoms with E-state index in [0.717, 1.165) is 6.07 Å². The van der Waals surface area contributed by atoms with Crippen molar-refractivity contribution in [2.45, 2.75) is 4.90 Å². The Morgan fingerprint density at radius 1 is 0.737 bits per heavy atom. The van der Waals surface area contributed by atoms with E-state index >= 15 is 0 Å². The lowest BCUT2D eigenvalue weighted by Gasteiger charge is -2.15. The van der Waals surface area contributed by atoms with E-state index in [9.17, 15) is 18.0 Å². The molecule has 0 fully saturated rings. The van der Waals surface area contributed by atoms with Crippen molar-refractivity contribution in [2.75, 3.05) is 40.9 Å². The van der Waals surface area contributed by atoms with Crippen LogP contribution < -0.4 is 33.7 Å². The van der Waals surface area contributed by atoms with E-state index in [-0.39, 0.29) is 27.6 Å². The second-order valence-corrected chi connectivity index (χ2v) is 9.54. The highest BCUT2D eigenvalue weighted by molar-refractivity contribution is 7.90. The molecule has 0 saturated carbocycles. The Morgan fingerprint density at radius 2 is 1.29 bits per heavy atom. The van der Waals surface area contributed by atoms with Gasteiger partial charge in [0.25, 0.3) is 21.8 Å². The van der Waals surface area contributed by atoms with E-state index < -0.39 is 26.7 Å². The second-order valence-electron chi connectivity index (χ2n) is 7.49. The molecule has 0 radical (unpaired) electrons. The Kier molecular flexibility index (Phi) is 8.92. The monoisotopic (exact) mass is 564 g/mol. The summed E-state index contributed by atoms with van der Waals surface area (Å²) in [4.78, 5) is 25.4. The lowest BCUT2D eigenvalue weighted by molar-refractivity contribution is 0.0974. The quantitative estimate of drug-likeness (QED) is 0.377. The zero-order chi connectivity index (χ0) is 28.0. The minimum absolute atomic E-state index is 0.0501. The first-order valence-electron chi connectivity index (χ1n) is 10.8. The van der Waals surface area contributed by atoms with Crippen LogP contribution in [0.5, 0.6) is 28.7 Å². The molecule has 0 heterocycles. The number of benzene rings is 3. The number of hydrogen-bond donors (Lipinski definition) is 2. The lowest BCUT2D eigenvalue weighted by Crippen LogP contribution is -2.31. The van der Waals surface area contributed by atoms with Gasteiger partial charge in [0.1, 0.15) is 22.0 Å². The van der Waals surface area contributed by atoms with Gasteiger partial charge < -0.3 is 29.0 Å². The van der Waals surface area contributed by atoms with Gasteiger partial charge in [0.05, 0.1) is 40.6 Å². The smallest absolute Gasteiger partial charge is 0.272 e. The van der Waals surface area contributed by atoms with Gasteiger partial charge in [0.15, 0.2) is 11.5 Å². The van der Waals surface area contributed by atoms with E-state index in [1.54, 1.807) is 6.07 Å². The van der Waals surface area contributed by atoms with Gasteiger partial charge in [-0.1, -0.05) is 17.7 Å². The summed E-state index contributed by atoms with van der Waals surface area (Å²) in [5.74, 6) is -0.543. The molecule has 0 bridgehead atoms. The maximum Gasteiger partial charge on any atom is 0.272 e. The van der Waals surface area contributed by atoms with Crippen LogP contribution >= 0.6 is 11.6 Å². The summed E-state index contributed by atoms with van der Waals surface area (Å²) in [6.07, 6.45) is 0. The van der Waals surface area contributed by atoms with Crippen LogP contribution in [0.15, 0.2) is 53.4 Å². The van der Waals surface area contributed by atoms with Crippen molar-refractivity contribution in [3.05, 3.63) is 64.7 Å². The van der Waals surface area contributed by atoms with Crippen molar-refractivity contribution in [1.29, 1.82) is 0 Å². The standard InChI is InChI=1S/C25H25ClN2O9S/c1-33-17-7-6-8-18(34-2)22(17)25(30)28-38(31,32)21-11-14(9-10-16(21)26)24(29)27-15-12-19(35-3)23(37-5)20(13-15)36-4/h6-13H,1-5H3,(H,27,29)(H,28,30). The molecule has 13 heteroatoms. The fourth-order valence-corrected chi connectivity index (χ4v) is 5.00. The van der Waals surface area contributed by atoms with E-state index in [1.165, 1.54) is 71.9 Å². The molecule has 0 aliphatic rings. The highest BCUT2D eigenvalue weighted by Gasteiger charge is 2.27. The van der Waals surface area contributed by atoms with Crippen LogP contribution in [0.1, 0.15) is 20.7 Å². The van der Waals surface area contributed by atoms with E-state index in [1.807, 2.05) is 4.72 Å². The molecule has 202 valence electrons. The zero-order valence-electron chi connectivity index (χ0n) is 21.1. The van der Waals surface area contributed by atoms with Crippen LogP contribution in [-0.4, -0.2) is 55.8 Å². The van der Waals surface area contributed by atoms with Crippen LogP contribution in [0.25, 0.3) is 0 Å². The molecule has 3 rings (SSSR count). The van der Waals surface area contributed by atoms with Crippen molar-refractivity contribution in [1.82, 2.24) is 4.72 Å². The summed E-state index contributed by atoms with van der Waals surface area (Å²) in [5, 5.41) is 2.43. The van der Waals surface area contributed by atoms with Gasteiger partial charge in [-0.15, -0.1) is 0 Å². The molecular weight excluding hydrogens is 540 g/mol. The first-order chi connectivity index (χ1) is 18.1. The second kappa shape index (κ2) is 11.9. The van der Waals surface area contributed by atoms with Crippen molar-refractivity contribution in [2.24, 2.45) is 0 Å². The Labute approximate surface area is 224 Å². The topological polar surface area (TPSA) is 138 Å². The third-order valence-electron chi connectivity index (χ3n) is 5.29.